The summed E-state index contributed by atoms with van der Waals surface area (Å²) < 4.78 is 0. The van der Waals surface area contributed by atoms with Gasteiger partial charge in [-0.1, -0.05) is 26.1 Å². The molecule has 0 aromatic carbocycles. The summed E-state index contributed by atoms with van der Waals surface area (Å²) in [6.07, 6.45) is 0. The molecule has 0 aromatic rings. The predicted octanol–water partition coefficient (Wildman–Crippen LogP) is 0.955. The molecule has 0 spiro atoms. The second-order valence-electron chi connectivity index (χ2n) is 5.11. The van der Waals surface area contributed by atoms with Crippen LogP contribution in [0.25, 0.3) is 0 Å². The number of hydrogen-bond donors (Lipinski definition) is 1. The van der Waals surface area contributed by atoms with Crippen LogP contribution in [-0.4, -0.2) is 54.4 Å². The highest BCUT2D eigenvalue weighted by Crippen LogP contribution is 2.07. The molecule has 5 heteroatoms. The lowest BCUT2D eigenvalue weighted by atomic mass is 10.1. The largest absolute Gasteiger partial charge is 0.393 e. The van der Waals surface area contributed by atoms with E-state index in [9.17, 15) is 4.79 Å². The Morgan fingerprint density at radius 3 is 2.12 bits per heavy atom. The fraction of sp³-hybridized carbons (Fsp3) is 0.833. The van der Waals surface area contributed by atoms with Crippen molar-refractivity contribution in [2.24, 2.45) is 17.6 Å². The van der Waals surface area contributed by atoms with E-state index in [2.05, 4.69) is 18.7 Å². The zero-order chi connectivity index (χ0) is 13.6. The van der Waals surface area contributed by atoms with Gasteiger partial charge in [-0.05, 0) is 26.9 Å². The number of nitrogens with two attached hydrogens (primary N) is 1. The van der Waals surface area contributed by atoms with Crippen LogP contribution in [-0.2, 0) is 4.79 Å². The monoisotopic (exact) mass is 259 g/mol. The highest BCUT2D eigenvalue weighted by molar-refractivity contribution is 7.80. The zero-order valence-electron chi connectivity index (χ0n) is 11.6. The average molecular weight is 259 g/mol. The zero-order valence-corrected chi connectivity index (χ0v) is 12.4. The summed E-state index contributed by atoms with van der Waals surface area (Å²) in [5.41, 5.74) is 5.53. The number of carbonyl (C=O) groups excluding carboxylic acids is 1. The quantitative estimate of drug-likeness (QED) is 0.692. The van der Waals surface area contributed by atoms with Crippen molar-refractivity contribution >= 4 is 23.1 Å². The molecular weight excluding hydrogens is 234 g/mol. The summed E-state index contributed by atoms with van der Waals surface area (Å²) in [5, 5.41) is 0. The Kier molecular flexibility index (Phi) is 7.30. The van der Waals surface area contributed by atoms with Gasteiger partial charge in [-0.15, -0.1) is 0 Å². The van der Waals surface area contributed by atoms with Gasteiger partial charge in [0.25, 0.3) is 0 Å². The predicted molar refractivity (Wildman–Crippen MR) is 75.9 cm³/mol. The summed E-state index contributed by atoms with van der Waals surface area (Å²) >= 11 is 4.88. The summed E-state index contributed by atoms with van der Waals surface area (Å²) in [6, 6.07) is 0. The second kappa shape index (κ2) is 7.61. The minimum absolute atomic E-state index is 0.0352. The molecule has 0 rings (SSSR count). The van der Waals surface area contributed by atoms with Gasteiger partial charge in [-0.25, -0.2) is 0 Å². The van der Waals surface area contributed by atoms with Crippen LogP contribution < -0.4 is 5.73 Å². The third kappa shape index (κ3) is 6.58. The first-order valence-corrected chi connectivity index (χ1v) is 6.39. The second-order valence-corrected chi connectivity index (χ2v) is 5.58. The maximum atomic E-state index is 12.2. The topological polar surface area (TPSA) is 49.6 Å². The standard InChI is InChI=1S/C12H25N3OS/c1-9(2)8-15(7-6-14(4)5)12(16)10(3)11(13)17/h9-10H,6-8H2,1-5H3,(H2,13,17). The first-order valence-electron chi connectivity index (χ1n) is 5.98. The van der Waals surface area contributed by atoms with E-state index >= 15 is 0 Å². The lowest BCUT2D eigenvalue weighted by Gasteiger charge is -2.28. The molecule has 0 saturated carbocycles. The maximum absolute atomic E-state index is 12.2. The van der Waals surface area contributed by atoms with Gasteiger partial charge in [0.15, 0.2) is 0 Å². The van der Waals surface area contributed by atoms with Crippen LogP contribution in [0, 0.1) is 11.8 Å². The smallest absolute Gasteiger partial charge is 0.232 e. The summed E-state index contributed by atoms with van der Waals surface area (Å²) in [4.78, 5) is 16.4. The third-order valence-corrected chi connectivity index (χ3v) is 2.87. The van der Waals surface area contributed by atoms with Crippen LogP contribution in [0.1, 0.15) is 20.8 Å². The summed E-state index contributed by atoms with van der Waals surface area (Å²) in [6.45, 7) is 8.29. The Hall–Kier alpha value is -0.680. The van der Waals surface area contributed by atoms with Crippen molar-refractivity contribution in [3.8, 4) is 0 Å². The SMILES string of the molecule is CC(C)CN(CCN(C)C)C(=O)C(C)C(N)=S. The van der Waals surface area contributed by atoms with Gasteiger partial charge in [0.05, 0.1) is 10.9 Å². The molecule has 0 bridgehead atoms. The lowest BCUT2D eigenvalue weighted by molar-refractivity contribution is -0.133. The number of hydrogen-bond acceptors (Lipinski definition) is 3. The molecule has 0 aliphatic rings. The molecule has 0 aromatic heterocycles. The molecule has 0 fully saturated rings. The molecule has 100 valence electrons. The van der Waals surface area contributed by atoms with E-state index in [0.717, 1.165) is 19.6 Å². The van der Waals surface area contributed by atoms with Gasteiger partial charge in [-0.2, -0.15) is 0 Å². The molecule has 1 atom stereocenters. The Bertz CT molecular complexity index is 266. The molecule has 0 aliphatic heterocycles. The van der Waals surface area contributed by atoms with Gasteiger partial charge in [0, 0.05) is 19.6 Å². The molecule has 1 unspecified atom stereocenters. The van der Waals surface area contributed by atoms with Gasteiger partial charge in [0.2, 0.25) is 5.91 Å². The Morgan fingerprint density at radius 1 is 1.24 bits per heavy atom. The number of likely N-dealkylation sites (N-methyl/N-ethyl adjacent to an activating group) is 1. The fourth-order valence-electron chi connectivity index (χ4n) is 1.45. The molecule has 0 heterocycles. The molecular formula is C12H25N3OS. The van der Waals surface area contributed by atoms with E-state index in [1.165, 1.54) is 0 Å². The van der Waals surface area contributed by atoms with Crippen LogP contribution in [0.3, 0.4) is 0 Å². The average Bonchev–Trinajstić information content (AvgIpc) is 2.21. The van der Waals surface area contributed by atoms with Crippen molar-refractivity contribution in [1.82, 2.24) is 9.80 Å². The molecule has 0 saturated heterocycles. The summed E-state index contributed by atoms with van der Waals surface area (Å²) in [7, 11) is 3.99. The first kappa shape index (κ1) is 16.3. The van der Waals surface area contributed by atoms with Gasteiger partial charge in [-0.3, -0.25) is 4.79 Å². The van der Waals surface area contributed by atoms with Crippen molar-refractivity contribution < 1.29 is 4.79 Å². The van der Waals surface area contributed by atoms with Crippen molar-refractivity contribution in [2.45, 2.75) is 20.8 Å². The maximum Gasteiger partial charge on any atom is 0.232 e. The number of carbonyl (C=O) groups is 1. The van der Waals surface area contributed by atoms with Crippen LogP contribution in [0.15, 0.2) is 0 Å². The molecule has 4 nitrogen and oxygen atoms in total. The first-order chi connectivity index (χ1) is 7.75. The highest BCUT2D eigenvalue weighted by Gasteiger charge is 2.22. The minimum Gasteiger partial charge on any atom is -0.393 e. The number of rotatable bonds is 7. The molecule has 0 radical (unpaired) electrons. The number of nitrogens with zero attached hydrogens (tertiary/aromatic N) is 2. The van der Waals surface area contributed by atoms with Crippen LogP contribution in [0.4, 0.5) is 0 Å². The van der Waals surface area contributed by atoms with Crippen molar-refractivity contribution in [3.63, 3.8) is 0 Å². The van der Waals surface area contributed by atoms with Crippen LogP contribution in [0.5, 0.6) is 0 Å². The van der Waals surface area contributed by atoms with Crippen LogP contribution >= 0.6 is 12.2 Å². The van der Waals surface area contributed by atoms with Crippen molar-refractivity contribution in [1.29, 1.82) is 0 Å². The van der Waals surface area contributed by atoms with Gasteiger partial charge in [0.1, 0.15) is 0 Å². The van der Waals surface area contributed by atoms with Gasteiger partial charge < -0.3 is 15.5 Å². The third-order valence-electron chi connectivity index (χ3n) is 2.51. The van der Waals surface area contributed by atoms with E-state index < -0.39 is 0 Å². The van der Waals surface area contributed by atoms with E-state index in [-0.39, 0.29) is 16.8 Å². The van der Waals surface area contributed by atoms with E-state index in [4.69, 9.17) is 18.0 Å². The van der Waals surface area contributed by atoms with Gasteiger partial charge >= 0.3 is 0 Å². The number of thiocarbonyl (C=S) groups is 1. The normalized spacial score (nSPS) is 12.9. The van der Waals surface area contributed by atoms with Crippen molar-refractivity contribution in [3.05, 3.63) is 0 Å². The van der Waals surface area contributed by atoms with E-state index in [1.54, 1.807) is 6.92 Å². The number of amides is 1. The molecule has 1 amide bonds. The van der Waals surface area contributed by atoms with Crippen molar-refractivity contribution in [2.75, 3.05) is 33.7 Å². The van der Waals surface area contributed by atoms with E-state index in [0.29, 0.717) is 5.92 Å². The Morgan fingerprint density at radius 2 is 1.76 bits per heavy atom. The molecule has 2 N–H and O–H groups in total. The van der Waals surface area contributed by atoms with E-state index in [1.807, 2.05) is 19.0 Å². The highest BCUT2D eigenvalue weighted by atomic mass is 32.1. The molecule has 0 aliphatic carbocycles. The summed E-state index contributed by atoms with van der Waals surface area (Å²) in [5.74, 6) is 0.110. The Labute approximate surface area is 110 Å². The Balaban J connectivity index is 4.55. The molecule has 17 heavy (non-hydrogen) atoms. The van der Waals surface area contributed by atoms with Crippen LogP contribution in [0.2, 0.25) is 0 Å². The minimum atomic E-state index is -0.370. The lowest BCUT2D eigenvalue weighted by Crippen LogP contribution is -2.44. The fourth-order valence-corrected chi connectivity index (χ4v) is 1.55.